The van der Waals surface area contributed by atoms with Crippen molar-refractivity contribution in [2.24, 2.45) is 0 Å². The van der Waals surface area contributed by atoms with Crippen LogP contribution in [0.25, 0.3) is 5.65 Å². The van der Waals surface area contributed by atoms with Crippen LogP contribution in [0.4, 0.5) is 5.69 Å². The number of pyridine rings is 1. The number of hydrogen-bond acceptors (Lipinski definition) is 5. The maximum absolute atomic E-state index is 12.1. The number of nitrogens with one attached hydrogen (secondary N) is 2. The van der Waals surface area contributed by atoms with Crippen LogP contribution in [0.3, 0.4) is 0 Å². The zero-order valence-electron chi connectivity index (χ0n) is 14.5. The molecule has 1 aromatic carbocycles. The Morgan fingerprint density at radius 1 is 1.15 bits per heavy atom. The molecule has 0 bridgehead atoms. The van der Waals surface area contributed by atoms with E-state index in [4.69, 9.17) is 0 Å². The van der Waals surface area contributed by atoms with Crippen molar-refractivity contribution >= 4 is 21.4 Å². The van der Waals surface area contributed by atoms with Gasteiger partial charge in [-0.25, -0.2) is 13.4 Å². The third-order valence-corrected chi connectivity index (χ3v) is 4.51. The molecule has 3 rings (SSSR count). The fourth-order valence-electron chi connectivity index (χ4n) is 2.65. The number of fused-ring (bicyclic) bond motifs is 1. The van der Waals surface area contributed by atoms with E-state index in [-0.39, 0.29) is 11.6 Å². The minimum absolute atomic E-state index is 0.0488. The first kappa shape index (κ1) is 18.1. The molecule has 8 heteroatoms. The number of benzene rings is 1. The first-order chi connectivity index (χ1) is 12.3. The molecule has 0 saturated heterocycles. The monoisotopic (exact) mass is 372 g/mol. The summed E-state index contributed by atoms with van der Waals surface area (Å²) in [5.74, 6) is 0. The van der Waals surface area contributed by atoms with Crippen molar-refractivity contribution in [2.75, 3.05) is 11.0 Å². The van der Waals surface area contributed by atoms with Crippen LogP contribution >= 0.6 is 0 Å². The van der Waals surface area contributed by atoms with Crippen molar-refractivity contribution in [2.45, 2.75) is 19.5 Å². The molecule has 0 aliphatic carbocycles. The molecule has 0 spiro atoms. The summed E-state index contributed by atoms with van der Waals surface area (Å²) in [5.41, 5.74) is 2.57. The summed E-state index contributed by atoms with van der Waals surface area (Å²) >= 11 is 0. The van der Waals surface area contributed by atoms with Gasteiger partial charge in [-0.3, -0.25) is 13.9 Å². The molecular weight excluding hydrogens is 352 g/mol. The van der Waals surface area contributed by atoms with E-state index in [1.54, 1.807) is 36.5 Å². The van der Waals surface area contributed by atoms with E-state index in [2.05, 4.69) is 15.0 Å². The van der Waals surface area contributed by atoms with Crippen LogP contribution in [0.15, 0.2) is 59.5 Å². The lowest BCUT2D eigenvalue weighted by Crippen LogP contribution is -2.22. The molecule has 7 nitrogen and oxygen atoms in total. The molecule has 136 valence electrons. The molecule has 0 radical (unpaired) electrons. The van der Waals surface area contributed by atoms with Crippen molar-refractivity contribution in [1.82, 2.24) is 14.7 Å². The van der Waals surface area contributed by atoms with Gasteiger partial charge in [-0.1, -0.05) is 18.2 Å². The van der Waals surface area contributed by atoms with Gasteiger partial charge in [-0.15, -0.1) is 0 Å². The van der Waals surface area contributed by atoms with E-state index in [1.807, 2.05) is 19.1 Å². The van der Waals surface area contributed by atoms with E-state index in [0.717, 1.165) is 11.8 Å². The first-order valence-electron chi connectivity index (χ1n) is 8.10. The van der Waals surface area contributed by atoms with Gasteiger partial charge in [0.05, 0.1) is 11.9 Å². The predicted molar refractivity (Wildman–Crippen MR) is 102 cm³/mol. The molecule has 2 heterocycles. The van der Waals surface area contributed by atoms with Crippen LogP contribution in [-0.4, -0.2) is 24.1 Å². The molecule has 0 fully saturated rings. The highest BCUT2D eigenvalue weighted by Crippen LogP contribution is 2.18. The van der Waals surface area contributed by atoms with Gasteiger partial charge in [-0.05, 0) is 36.8 Å². The molecule has 0 aliphatic heterocycles. The Kier molecular flexibility index (Phi) is 5.06. The highest BCUT2D eigenvalue weighted by molar-refractivity contribution is 7.92. The number of anilines is 1. The fraction of sp³-hybridized carbons (Fsp3) is 0.222. The van der Waals surface area contributed by atoms with E-state index in [0.29, 0.717) is 23.6 Å². The van der Waals surface area contributed by atoms with E-state index < -0.39 is 10.0 Å². The average Bonchev–Trinajstić information content (AvgIpc) is 2.58. The Morgan fingerprint density at radius 2 is 1.96 bits per heavy atom. The van der Waals surface area contributed by atoms with Gasteiger partial charge in [-0.2, -0.15) is 0 Å². The van der Waals surface area contributed by atoms with Crippen molar-refractivity contribution in [3.63, 3.8) is 0 Å². The van der Waals surface area contributed by atoms with Crippen molar-refractivity contribution in [3.8, 4) is 0 Å². The molecule has 0 amide bonds. The molecule has 2 N–H and O–H groups in total. The number of nitrogens with zero attached hydrogens (tertiary/aromatic N) is 2. The van der Waals surface area contributed by atoms with Crippen LogP contribution in [-0.2, 0) is 16.6 Å². The van der Waals surface area contributed by atoms with Gasteiger partial charge in [0.1, 0.15) is 5.65 Å². The van der Waals surface area contributed by atoms with Crippen LogP contribution in [0.2, 0.25) is 0 Å². The van der Waals surface area contributed by atoms with Gasteiger partial charge in [0.2, 0.25) is 10.0 Å². The Labute approximate surface area is 151 Å². The van der Waals surface area contributed by atoms with E-state index in [1.165, 1.54) is 10.5 Å². The second-order valence-corrected chi connectivity index (χ2v) is 7.87. The normalized spacial score (nSPS) is 12.8. The summed E-state index contributed by atoms with van der Waals surface area (Å²) in [6, 6.07) is 14.0. The number of hydrogen-bond donors (Lipinski definition) is 2. The Bertz CT molecular complexity index is 1090. The maximum Gasteiger partial charge on any atom is 0.258 e. The number of rotatable bonds is 6. The second-order valence-electron chi connectivity index (χ2n) is 6.12. The summed E-state index contributed by atoms with van der Waals surface area (Å²) in [6.07, 6.45) is 2.80. The molecule has 2 aromatic heterocycles. The molecular formula is C18H20N4O3S. The van der Waals surface area contributed by atoms with Gasteiger partial charge in [0.25, 0.3) is 5.56 Å². The maximum atomic E-state index is 12.1. The minimum atomic E-state index is -3.32. The van der Waals surface area contributed by atoms with Crippen molar-refractivity contribution in [3.05, 3.63) is 76.3 Å². The summed E-state index contributed by atoms with van der Waals surface area (Å²) in [5, 5.41) is 3.31. The summed E-state index contributed by atoms with van der Waals surface area (Å²) in [6.45, 7) is 2.39. The molecule has 26 heavy (non-hydrogen) atoms. The largest absolute Gasteiger partial charge is 0.305 e. The predicted octanol–water partition coefficient (Wildman–Crippen LogP) is 1.92. The quantitative estimate of drug-likeness (QED) is 0.690. The van der Waals surface area contributed by atoms with Crippen LogP contribution in [0.1, 0.15) is 24.2 Å². The molecule has 3 aromatic rings. The molecule has 1 atom stereocenters. The topological polar surface area (TPSA) is 92.6 Å². The number of sulfonamides is 1. The summed E-state index contributed by atoms with van der Waals surface area (Å²) in [4.78, 5) is 16.6. The van der Waals surface area contributed by atoms with Gasteiger partial charge in [0, 0.05) is 30.5 Å². The summed E-state index contributed by atoms with van der Waals surface area (Å²) in [7, 11) is -3.32. The van der Waals surface area contributed by atoms with Gasteiger partial charge >= 0.3 is 0 Å². The van der Waals surface area contributed by atoms with Crippen LogP contribution in [0, 0.1) is 0 Å². The van der Waals surface area contributed by atoms with Crippen molar-refractivity contribution in [1.29, 1.82) is 0 Å². The molecule has 0 unspecified atom stereocenters. The third-order valence-electron chi connectivity index (χ3n) is 3.90. The lowest BCUT2D eigenvalue weighted by Gasteiger charge is -2.15. The van der Waals surface area contributed by atoms with Gasteiger partial charge in [0.15, 0.2) is 0 Å². The molecule has 0 aliphatic rings. The zero-order chi connectivity index (χ0) is 18.7. The third kappa shape index (κ3) is 4.47. The first-order valence-corrected chi connectivity index (χ1v) is 9.99. The fourth-order valence-corrected chi connectivity index (χ4v) is 3.21. The Hall–Kier alpha value is -2.71. The van der Waals surface area contributed by atoms with E-state index >= 15 is 0 Å². The second kappa shape index (κ2) is 7.27. The smallest absolute Gasteiger partial charge is 0.258 e. The lowest BCUT2D eigenvalue weighted by atomic mass is 10.1. The standard InChI is InChI=1S/C18H20N4O3S/c1-13(14-6-5-7-15(10-14)21-26(2,24)25)19-12-16-11-18(23)22-9-4-3-8-17(22)20-16/h3-11,13,19,21H,12H2,1-2H3/t13-/m1/s1. The van der Waals surface area contributed by atoms with E-state index in [9.17, 15) is 13.2 Å². The minimum Gasteiger partial charge on any atom is -0.305 e. The lowest BCUT2D eigenvalue weighted by molar-refractivity contribution is 0.567. The highest BCUT2D eigenvalue weighted by atomic mass is 32.2. The highest BCUT2D eigenvalue weighted by Gasteiger charge is 2.09. The number of aromatic nitrogens is 2. The van der Waals surface area contributed by atoms with Crippen LogP contribution in [0.5, 0.6) is 0 Å². The van der Waals surface area contributed by atoms with Gasteiger partial charge < -0.3 is 5.32 Å². The summed E-state index contributed by atoms with van der Waals surface area (Å²) < 4.78 is 26.7. The van der Waals surface area contributed by atoms with Crippen LogP contribution < -0.4 is 15.6 Å². The van der Waals surface area contributed by atoms with Crippen molar-refractivity contribution < 1.29 is 8.42 Å². The SMILES string of the molecule is C[C@@H](NCc1cc(=O)n2ccccc2n1)c1cccc(NS(C)(=O)=O)c1. The average molecular weight is 372 g/mol. The molecule has 0 saturated carbocycles. The Morgan fingerprint density at radius 3 is 2.73 bits per heavy atom. The Balaban J connectivity index is 1.74. The zero-order valence-corrected chi connectivity index (χ0v) is 15.3.